The third kappa shape index (κ3) is 3.08. The van der Waals surface area contributed by atoms with E-state index in [2.05, 4.69) is 31.9 Å². The van der Waals surface area contributed by atoms with Gasteiger partial charge in [-0.15, -0.1) is 20.4 Å². The van der Waals surface area contributed by atoms with E-state index in [4.69, 9.17) is 4.42 Å². The molecule has 24 heavy (non-hydrogen) atoms. The predicted molar refractivity (Wildman–Crippen MR) is 91.6 cm³/mol. The first-order valence-electron chi connectivity index (χ1n) is 8.29. The van der Waals surface area contributed by atoms with Crippen LogP contribution in [0.2, 0.25) is 0 Å². The summed E-state index contributed by atoms with van der Waals surface area (Å²) >= 11 is 1.63. The van der Waals surface area contributed by atoms with Crippen molar-refractivity contribution in [1.29, 1.82) is 0 Å². The van der Waals surface area contributed by atoms with E-state index in [0.29, 0.717) is 11.8 Å². The molecule has 0 unspecified atom stereocenters. The van der Waals surface area contributed by atoms with E-state index in [0.717, 1.165) is 29.5 Å². The highest BCUT2D eigenvalue weighted by Crippen LogP contribution is 2.35. The van der Waals surface area contributed by atoms with E-state index >= 15 is 0 Å². The number of benzene rings is 1. The second kappa shape index (κ2) is 6.76. The van der Waals surface area contributed by atoms with Gasteiger partial charge in [0, 0.05) is 18.5 Å². The number of aryl methyl sites for hydroxylation is 1. The Hall–Kier alpha value is -2.15. The number of rotatable bonds is 4. The lowest BCUT2D eigenvalue weighted by Crippen LogP contribution is -2.03. The molecule has 0 saturated carbocycles. The summed E-state index contributed by atoms with van der Waals surface area (Å²) in [4.78, 5) is 0. The van der Waals surface area contributed by atoms with Crippen molar-refractivity contribution in [3.8, 4) is 11.5 Å². The first-order valence-corrected chi connectivity index (χ1v) is 9.17. The minimum Gasteiger partial charge on any atom is -0.419 e. The Balaban J connectivity index is 1.52. The molecular formula is C17H19N5OS. The first kappa shape index (κ1) is 15.4. The van der Waals surface area contributed by atoms with Gasteiger partial charge in [-0.3, -0.25) is 0 Å². The molecule has 0 spiro atoms. The quantitative estimate of drug-likeness (QED) is 0.670. The van der Waals surface area contributed by atoms with Crippen molar-refractivity contribution in [3.05, 3.63) is 42.0 Å². The van der Waals surface area contributed by atoms with E-state index in [1.807, 2.05) is 30.3 Å². The third-order valence-electron chi connectivity index (χ3n) is 4.17. The van der Waals surface area contributed by atoms with Gasteiger partial charge in [0.2, 0.25) is 11.8 Å². The Morgan fingerprint density at radius 2 is 1.92 bits per heavy atom. The topological polar surface area (TPSA) is 69.6 Å². The van der Waals surface area contributed by atoms with Crippen LogP contribution in [0.15, 0.2) is 39.9 Å². The van der Waals surface area contributed by atoms with Gasteiger partial charge in [0.25, 0.3) is 0 Å². The fourth-order valence-electron chi connectivity index (χ4n) is 2.85. The fourth-order valence-corrected chi connectivity index (χ4v) is 3.77. The van der Waals surface area contributed by atoms with Crippen LogP contribution >= 0.6 is 11.8 Å². The summed E-state index contributed by atoms with van der Waals surface area (Å²) in [5.74, 6) is 2.26. The Labute approximate surface area is 144 Å². The molecule has 0 N–H and O–H groups in total. The van der Waals surface area contributed by atoms with Gasteiger partial charge in [0.05, 0.1) is 5.25 Å². The molecule has 0 radical (unpaired) electrons. The minimum absolute atomic E-state index is 0.0338. The predicted octanol–water partition coefficient (Wildman–Crippen LogP) is 3.91. The van der Waals surface area contributed by atoms with Crippen LogP contribution in [0.1, 0.15) is 43.2 Å². The molecule has 0 fully saturated rings. The average molecular weight is 341 g/mol. The van der Waals surface area contributed by atoms with Gasteiger partial charge in [-0.1, -0.05) is 36.4 Å². The molecule has 0 amide bonds. The van der Waals surface area contributed by atoms with Gasteiger partial charge in [-0.05, 0) is 31.9 Å². The molecule has 4 rings (SSSR count). The van der Waals surface area contributed by atoms with Crippen molar-refractivity contribution in [2.45, 2.75) is 49.6 Å². The summed E-state index contributed by atoms with van der Waals surface area (Å²) in [5.41, 5.74) is 0.935. The second-order valence-electron chi connectivity index (χ2n) is 5.93. The van der Waals surface area contributed by atoms with Crippen molar-refractivity contribution in [1.82, 2.24) is 25.0 Å². The molecule has 3 aromatic rings. The van der Waals surface area contributed by atoms with Gasteiger partial charge in [-0.2, -0.15) is 0 Å². The van der Waals surface area contributed by atoms with E-state index in [-0.39, 0.29) is 5.25 Å². The van der Waals surface area contributed by atoms with E-state index in [9.17, 15) is 0 Å². The SMILES string of the molecule is C[C@@H](Sc1nnc2n1CCCCC2)c1nnc(-c2ccccc2)o1. The molecule has 0 aliphatic carbocycles. The number of hydrogen-bond acceptors (Lipinski definition) is 6. The normalized spacial score (nSPS) is 15.7. The van der Waals surface area contributed by atoms with Crippen molar-refractivity contribution in [2.75, 3.05) is 0 Å². The molecule has 1 aromatic carbocycles. The van der Waals surface area contributed by atoms with Crippen LogP contribution in [0.3, 0.4) is 0 Å². The zero-order valence-corrected chi connectivity index (χ0v) is 14.4. The van der Waals surface area contributed by atoms with Gasteiger partial charge >= 0.3 is 0 Å². The molecule has 1 aliphatic rings. The summed E-state index contributed by atoms with van der Waals surface area (Å²) in [5, 5.41) is 18.1. The number of thioether (sulfide) groups is 1. The summed E-state index contributed by atoms with van der Waals surface area (Å²) in [6, 6.07) is 9.82. The van der Waals surface area contributed by atoms with Crippen LogP contribution in [0.4, 0.5) is 0 Å². The van der Waals surface area contributed by atoms with Crippen molar-refractivity contribution in [3.63, 3.8) is 0 Å². The minimum atomic E-state index is 0.0338. The third-order valence-corrected chi connectivity index (χ3v) is 5.23. The Kier molecular flexibility index (Phi) is 4.34. The Bertz CT molecular complexity index is 814. The van der Waals surface area contributed by atoms with Crippen LogP contribution in [-0.2, 0) is 13.0 Å². The Morgan fingerprint density at radius 3 is 2.79 bits per heavy atom. The van der Waals surface area contributed by atoms with Crippen LogP contribution in [0.25, 0.3) is 11.5 Å². The zero-order valence-electron chi connectivity index (χ0n) is 13.6. The van der Waals surface area contributed by atoms with Gasteiger partial charge in [0.1, 0.15) is 5.82 Å². The molecule has 1 atom stereocenters. The largest absolute Gasteiger partial charge is 0.419 e. The fraction of sp³-hybridized carbons (Fsp3) is 0.412. The molecule has 1 aliphatic heterocycles. The standard InChI is InChI=1S/C17H19N5OS/c1-12(15-19-20-16(23-15)13-8-4-2-5-9-13)24-17-21-18-14-10-6-3-7-11-22(14)17/h2,4-5,8-9,12H,3,6-7,10-11H2,1H3/t12-/m1/s1. The zero-order chi connectivity index (χ0) is 16.4. The number of nitrogens with zero attached hydrogens (tertiary/aromatic N) is 5. The monoisotopic (exact) mass is 341 g/mol. The van der Waals surface area contributed by atoms with Gasteiger partial charge in [-0.25, -0.2) is 0 Å². The van der Waals surface area contributed by atoms with Crippen LogP contribution in [-0.4, -0.2) is 25.0 Å². The van der Waals surface area contributed by atoms with Crippen molar-refractivity contribution >= 4 is 11.8 Å². The molecule has 0 saturated heterocycles. The molecule has 2 aromatic heterocycles. The smallest absolute Gasteiger partial charge is 0.247 e. The van der Waals surface area contributed by atoms with Crippen molar-refractivity contribution in [2.24, 2.45) is 0 Å². The Morgan fingerprint density at radius 1 is 1.04 bits per heavy atom. The second-order valence-corrected chi connectivity index (χ2v) is 7.24. The number of aromatic nitrogens is 5. The van der Waals surface area contributed by atoms with Crippen LogP contribution < -0.4 is 0 Å². The lowest BCUT2D eigenvalue weighted by molar-refractivity contribution is 0.508. The van der Waals surface area contributed by atoms with Gasteiger partial charge in [0.15, 0.2) is 5.16 Å². The summed E-state index contributed by atoms with van der Waals surface area (Å²) in [6.07, 6.45) is 4.65. The number of hydrogen-bond donors (Lipinski definition) is 0. The van der Waals surface area contributed by atoms with Crippen molar-refractivity contribution < 1.29 is 4.42 Å². The highest BCUT2D eigenvalue weighted by molar-refractivity contribution is 7.99. The van der Waals surface area contributed by atoms with Crippen LogP contribution in [0, 0.1) is 0 Å². The van der Waals surface area contributed by atoms with Gasteiger partial charge < -0.3 is 8.98 Å². The molecule has 7 heteroatoms. The van der Waals surface area contributed by atoms with E-state index < -0.39 is 0 Å². The summed E-state index contributed by atoms with van der Waals surface area (Å²) in [6.45, 7) is 3.06. The lowest BCUT2D eigenvalue weighted by Gasteiger charge is -2.09. The maximum absolute atomic E-state index is 5.85. The molecule has 6 nitrogen and oxygen atoms in total. The van der Waals surface area contributed by atoms with E-state index in [1.165, 1.54) is 19.3 Å². The summed E-state index contributed by atoms with van der Waals surface area (Å²) in [7, 11) is 0. The lowest BCUT2D eigenvalue weighted by atomic mass is 10.2. The molecule has 124 valence electrons. The first-order chi connectivity index (χ1) is 11.8. The molecular weight excluding hydrogens is 322 g/mol. The average Bonchev–Trinajstić information content (AvgIpc) is 3.18. The maximum Gasteiger partial charge on any atom is 0.247 e. The molecule has 0 bridgehead atoms. The highest BCUT2D eigenvalue weighted by Gasteiger charge is 2.21. The number of fused-ring (bicyclic) bond motifs is 1. The highest BCUT2D eigenvalue weighted by atomic mass is 32.2. The van der Waals surface area contributed by atoms with E-state index in [1.54, 1.807) is 11.8 Å². The molecule has 3 heterocycles. The van der Waals surface area contributed by atoms with Crippen LogP contribution in [0.5, 0.6) is 0 Å². The maximum atomic E-state index is 5.85. The summed E-state index contributed by atoms with van der Waals surface area (Å²) < 4.78 is 8.09.